The molecule has 5 nitrogen and oxygen atoms in total. The smallest absolute Gasteiger partial charge is 0.363 e. The van der Waals surface area contributed by atoms with Gasteiger partial charge in [0.15, 0.2) is 6.20 Å². The number of pyridine rings is 1. The van der Waals surface area contributed by atoms with Gasteiger partial charge in [0.1, 0.15) is 0 Å². The fraction of sp³-hybridized carbons (Fsp3) is 0.545. The van der Waals surface area contributed by atoms with E-state index in [0.29, 0.717) is 5.92 Å². The minimum atomic E-state index is -0.490. The van der Waals surface area contributed by atoms with Crippen molar-refractivity contribution >= 4 is 11.5 Å². The third kappa shape index (κ3) is 2.29. The van der Waals surface area contributed by atoms with Crippen molar-refractivity contribution in [3.8, 4) is 0 Å². The Morgan fingerprint density at radius 2 is 2.19 bits per heavy atom. The molecule has 1 saturated carbocycles. The Balaban J connectivity index is 2.07. The highest BCUT2D eigenvalue weighted by atomic mass is 16.6. The van der Waals surface area contributed by atoms with Crippen LogP contribution < -0.4 is 5.32 Å². The normalized spacial score (nSPS) is 15.9. The molecule has 0 saturated heterocycles. The second-order valence-corrected chi connectivity index (χ2v) is 4.78. The van der Waals surface area contributed by atoms with Crippen LogP contribution in [0.4, 0.5) is 11.5 Å². The van der Waals surface area contributed by atoms with Crippen molar-refractivity contribution in [2.75, 3.05) is 5.32 Å². The molecule has 0 bridgehead atoms. The summed E-state index contributed by atoms with van der Waals surface area (Å²) in [6.45, 7) is 4.29. The number of nitrogens with zero attached hydrogens (tertiary/aromatic N) is 2. The number of rotatable bonds is 4. The topological polar surface area (TPSA) is 68.1 Å². The molecule has 0 amide bonds. The number of anilines is 1. The van der Waals surface area contributed by atoms with Gasteiger partial charge >= 0.3 is 5.82 Å². The predicted octanol–water partition coefficient (Wildman–Crippen LogP) is 2.59. The zero-order valence-electron chi connectivity index (χ0n) is 9.43. The van der Waals surface area contributed by atoms with Gasteiger partial charge in [-0.05, 0) is 48.6 Å². The number of nitro groups is 1. The SMILES string of the molecule is CC(C)(Nc1ccc([N+](=O)[O-])nc1)C1CC1. The van der Waals surface area contributed by atoms with Crippen LogP contribution in [0.3, 0.4) is 0 Å². The summed E-state index contributed by atoms with van der Waals surface area (Å²) in [7, 11) is 0. The first-order valence-electron chi connectivity index (χ1n) is 5.38. The second kappa shape index (κ2) is 3.73. The van der Waals surface area contributed by atoms with Crippen LogP contribution in [0.1, 0.15) is 26.7 Å². The Labute approximate surface area is 94.0 Å². The molecule has 0 unspecified atom stereocenters. The van der Waals surface area contributed by atoms with Gasteiger partial charge in [-0.25, -0.2) is 0 Å². The van der Waals surface area contributed by atoms with E-state index in [2.05, 4.69) is 24.1 Å². The van der Waals surface area contributed by atoms with E-state index < -0.39 is 4.92 Å². The highest BCUT2D eigenvalue weighted by Crippen LogP contribution is 2.41. The van der Waals surface area contributed by atoms with Crippen molar-refractivity contribution < 1.29 is 4.92 Å². The summed E-state index contributed by atoms with van der Waals surface area (Å²) < 4.78 is 0. The number of hydrogen-bond donors (Lipinski definition) is 1. The van der Waals surface area contributed by atoms with Crippen LogP contribution in [0.5, 0.6) is 0 Å². The van der Waals surface area contributed by atoms with Gasteiger partial charge in [-0.15, -0.1) is 0 Å². The molecular weight excluding hydrogens is 206 g/mol. The molecule has 1 N–H and O–H groups in total. The fourth-order valence-corrected chi connectivity index (χ4v) is 1.85. The van der Waals surface area contributed by atoms with E-state index in [1.807, 2.05) is 0 Å². The largest absolute Gasteiger partial charge is 0.377 e. The predicted molar refractivity (Wildman–Crippen MR) is 61.3 cm³/mol. The quantitative estimate of drug-likeness (QED) is 0.626. The molecule has 16 heavy (non-hydrogen) atoms. The van der Waals surface area contributed by atoms with Crippen molar-refractivity contribution in [1.82, 2.24) is 4.98 Å². The minimum Gasteiger partial charge on any atom is -0.377 e. The number of nitrogens with one attached hydrogen (secondary N) is 1. The summed E-state index contributed by atoms with van der Waals surface area (Å²) >= 11 is 0. The molecule has 1 aromatic heterocycles. The van der Waals surface area contributed by atoms with Gasteiger partial charge in [0, 0.05) is 11.6 Å². The summed E-state index contributed by atoms with van der Waals surface area (Å²) in [5.74, 6) is 0.581. The summed E-state index contributed by atoms with van der Waals surface area (Å²) in [4.78, 5) is 13.7. The molecule has 0 spiro atoms. The van der Waals surface area contributed by atoms with Crippen LogP contribution in [0.15, 0.2) is 18.3 Å². The van der Waals surface area contributed by atoms with Gasteiger partial charge in [0.2, 0.25) is 0 Å². The van der Waals surface area contributed by atoms with E-state index in [4.69, 9.17) is 0 Å². The van der Waals surface area contributed by atoms with Crippen molar-refractivity contribution in [3.05, 3.63) is 28.4 Å². The molecule has 1 aliphatic carbocycles. The van der Waals surface area contributed by atoms with Gasteiger partial charge in [0.05, 0.1) is 5.69 Å². The first kappa shape index (κ1) is 10.9. The Kier molecular flexibility index (Phi) is 2.53. The van der Waals surface area contributed by atoms with Gasteiger partial charge in [-0.3, -0.25) is 0 Å². The molecule has 0 aromatic carbocycles. The van der Waals surface area contributed by atoms with Gasteiger partial charge in [-0.2, -0.15) is 0 Å². The average molecular weight is 221 g/mol. The number of aromatic nitrogens is 1. The molecular formula is C11H15N3O2. The Morgan fingerprint density at radius 3 is 2.62 bits per heavy atom. The molecule has 1 aliphatic rings. The molecule has 5 heteroatoms. The standard InChI is InChI=1S/C11H15N3O2/c1-11(2,8-3-4-8)13-9-5-6-10(12-7-9)14(15)16/h5-8,13H,3-4H2,1-2H3. The van der Waals surface area contributed by atoms with Crippen LogP contribution in [0.25, 0.3) is 0 Å². The van der Waals surface area contributed by atoms with Crippen molar-refractivity contribution in [2.45, 2.75) is 32.2 Å². The van der Waals surface area contributed by atoms with E-state index in [0.717, 1.165) is 5.69 Å². The summed E-state index contributed by atoms with van der Waals surface area (Å²) in [6, 6.07) is 3.13. The van der Waals surface area contributed by atoms with Crippen molar-refractivity contribution in [1.29, 1.82) is 0 Å². The summed E-state index contributed by atoms with van der Waals surface area (Å²) in [5.41, 5.74) is 0.875. The fourth-order valence-electron chi connectivity index (χ4n) is 1.85. The highest BCUT2D eigenvalue weighted by molar-refractivity contribution is 5.45. The van der Waals surface area contributed by atoms with Gasteiger partial charge in [-0.1, -0.05) is 0 Å². The first-order valence-corrected chi connectivity index (χ1v) is 5.38. The monoisotopic (exact) mass is 221 g/mol. The van der Waals surface area contributed by atoms with E-state index in [9.17, 15) is 10.1 Å². The molecule has 1 aromatic rings. The lowest BCUT2D eigenvalue weighted by atomic mass is 9.98. The summed E-state index contributed by atoms with van der Waals surface area (Å²) in [5, 5.41) is 13.8. The van der Waals surface area contributed by atoms with E-state index in [1.54, 1.807) is 6.07 Å². The molecule has 0 aliphatic heterocycles. The van der Waals surface area contributed by atoms with Gasteiger partial charge < -0.3 is 15.4 Å². The maximum Gasteiger partial charge on any atom is 0.363 e. The highest BCUT2D eigenvalue weighted by Gasteiger charge is 2.37. The minimum absolute atomic E-state index is 0.0395. The Bertz CT molecular complexity index is 396. The molecule has 1 fully saturated rings. The average Bonchev–Trinajstić information content (AvgIpc) is 3.01. The van der Waals surface area contributed by atoms with Crippen LogP contribution >= 0.6 is 0 Å². The van der Waals surface area contributed by atoms with Crippen LogP contribution in [-0.2, 0) is 0 Å². The van der Waals surface area contributed by atoms with Crippen molar-refractivity contribution in [3.63, 3.8) is 0 Å². The lowest BCUT2D eigenvalue weighted by Crippen LogP contribution is -2.33. The third-order valence-corrected chi connectivity index (χ3v) is 3.00. The van der Waals surface area contributed by atoms with E-state index >= 15 is 0 Å². The first-order chi connectivity index (χ1) is 7.49. The summed E-state index contributed by atoms with van der Waals surface area (Å²) in [6.07, 6.45) is 4.02. The second-order valence-electron chi connectivity index (χ2n) is 4.78. The van der Waals surface area contributed by atoms with Crippen molar-refractivity contribution in [2.24, 2.45) is 5.92 Å². The zero-order valence-corrected chi connectivity index (χ0v) is 9.43. The van der Waals surface area contributed by atoms with Crippen LogP contribution in [0, 0.1) is 16.0 Å². The molecule has 86 valence electrons. The molecule has 1 heterocycles. The maximum absolute atomic E-state index is 10.4. The van der Waals surface area contributed by atoms with E-state index in [-0.39, 0.29) is 11.4 Å². The van der Waals surface area contributed by atoms with Crippen LogP contribution in [0.2, 0.25) is 0 Å². The Morgan fingerprint density at radius 1 is 1.50 bits per heavy atom. The maximum atomic E-state index is 10.4. The molecule has 0 radical (unpaired) electrons. The van der Waals surface area contributed by atoms with Gasteiger partial charge in [0.25, 0.3) is 0 Å². The zero-order chi connectivity index (χ0) is 11.8. The molecule has 0 atom stereocenters. The Hall–Kier alpha value is -1.65. The third-order valence-electron chi connectivity index (χ3n) is 3.00. The number of hydrogen-bond acceptors (Lipinski definition) is 4. The lowest BCUT2D eigenvalue weighted by molar-refractivity contribution is -0.389. The van der Waals surface area contributed by atoms with Crippen LogP contribution in [-0.4, -0.2) is 15.4 Å². The lowest BCUT2D eigenvalue weighted by Gasteiger charge is -2.26. The molecule has 2 rings (SSSR count). The van der Waals surface area contributed by atoms with E-state index in [1.165, 1.54) is 25.1 Å².